The van der Waals surface area contributed by atoms with E-state index in [9.17, 15) is 24.8 Å². The fraction of sp³-hybridized carbons (Fsp3) is 0.231. The van der Waals surface area contributed by atoms with E-state index in [1.165, 1.54) is 24.3 Å². The molecule has 3 aromatic rings. The number of hydrogen-bond donors (Lipinski definition) is 1. The zero-order valence-electron chi connectivity index (χ0n) is 18.0. The van der Waals surface area contributed by atoms with Crippen molar-refractivity contribution in [1.82, 2.24) is 0 Å². The fourth-order valence-corrected chi connectivity index (χ4v) is 3.85. The molecular formula is C26H25NO5. The Kier molecular flexibility index (Phi) is 7.15. The molecule has 6 nitrogen and oxygen atoms in total. The van der Waals surface area contributed by atoms with Gasteiger partial charge in [0.2, 0.25) is 0 Å². The summed E-state index contributed by atoms with van der Waals surface area (Å²) in [4.78, 5) is 35.9. The van der Waals surface area contributed by atoms with Gasteiger partial charge in [-0.3, -0.25) is 19.7 Å². The lowest BCUT2D eigenvalue weighted by atomic mass is 9.77. The van der Waals surface area contributed by atoms with Crippen molar-refractivity contribution in [3.63, 3.8) is 0 Å². The highest BCUT2D eigenvalue weighted by molar-refractivity contribution is 5.97. The van der Waals surface area contributed by atoms with E-state index in [0.29, 0.717) is 17.0 Å². The van der Waals surface area contributed by atoms with Crippen LogP contribution in [0.1, 0.15) is 65.1 Å². The first kappa shape index (κ1) is 22.9. The van der Waals surface area contributed by atoms with Crippen LogP contribution < -0.4 is 0 Å². The molecule has 1 N–H and O–H groups in total. The normalized spacial score (nSPS) is 12.8. The molecule has 0 aliphatic heterocycles. The van der Waals surface area contributed by atoms with Crippen LogP contribution in [0.5, 0.6) is 0 Å². The standard InChI is InChI=1S/C26H25NO5/c1-17(2)18-8-10-19(11-9-18)23(16-24(28)20-6-4-3-5-7-20)25(26(29)30)21-12-14-22(15-13-21)27(31)32/h3-15,17,23,25H,16H2,1-2H3,(H,29,30)/t23-,25+/m1/s1. The maximum absolute atomic E-state index is 13.0. The summed E-state index contributed by atoms with van der Waals surface area (Å²) in [5, 5.41) is 21.1. The minimum absolute atomic E-state index is 0.000999. The molecule has 3 rings (SSSR count). The second-order valence-corrected chi connectivity index (χ2v) is 8.09. The van der Waals surface area contributed by atoms with Crippen LogP contribution in [-0.4, -0.2) is 21.8 Å². The zero-order chi connectivity index (χ0) is 23.3. The van der Waals surface area contributed by atoms with E-state index in [4.69, 9.17) is 0 Å². The first-order chi connectivity index (χ1) is 15.3. The van der Waals surface area contributed by atoms with Gasteiger partial charge in [0.1, 0.15) is 0 Å². The third-order valence-corrected chi connectivity index (χ3v) is 5.66. The maximum atomic E-state index is 13.0. The summed E-state index contributed by atoms with van der Waals surface area (Å²) in [6.07, 6.45) is -0.000999. The van der Waals surface area contributed by atoms with E-state index in [1.54, 1.807) is 24.3 Å². The predicted molar refractivity (Wildman–Crippen MR) is 122 cm³/mol. The summed E-state index contributed by atoms with van der Waals surface area (Å²) >= 11 is 0. The Morgan fingerprint density at radius 3 is 1.88 bits per heavy atom. The van der Waals surface area contributed by atoms with E-state index in [0.717, 1.165) is 11.1 Å². The SMILES string of the molecule is CC(C)c1ccc([C@@H](CC(=O)c2ccccc2)[C@@H](C(=O)O)c2ccc([N+](=O)[O-])cc2)cc1. The number of ketones is 1. The summed E-state index contributed by atoms with van der Waals surface area (Å²) < 4.78 is 0. The molecule has 0 aliphatic rings. The summed E-state index contributed by atoms with van der Waals surface area (Å²) in [5.74, 6) is -2.59. The molecule has 164 valence electrons. The molecule has 0 spiro atoms. The van der Waals surface area contributed by atoms with Crippen molar-refractivity contribution in [3.05, 3.63) is 111 Å². The average Bonchev–Trinajstić information content (AvgIpc) is 2.79. The summed E-state index contributed by atoms with van der Waals surface area (Å²) in [6, 6.07) is 21.9. The second-order valence-electron chi connectivity index (χ2n) is 8.09. The molecule has 0 fully saturated rings. The number of Topliss-reactive ketones (excluding diaryl/α,β-unsaturated/α-hetero) is 1. The van der Waals surface area contributed by atoms with Gasteiger partial charge in [-0.25, -0.2) is 0 Å². The van der Waals surface area contributed by atoms with Gasteiger partial charge in [-0.05, 0) is 22.6 Å². The van der Waals surface area contributed by atoms with Gasteiger partial charge in [0.25, 0.3) is 5.69 Å². The topological polar surface area (TPSA) is 97.5 Å². The first-order valence-electron chi connectivity index (χ1n) is 10.4. The summed E-state index contributed by atoms with van der Waals surface area (Å²) in [5.41, 5.74) is 2.68. The van der Waals surface area contributed by atoms with Crippen molar-refractivity contribution in [2.45, 2.75) is 38.0 Å². The van der Waals surface area contributed by atoms with Crippen LogP contribution in [0.15, 0.2) is 78.9 Å². The van der Waals surface area contributed by atoms with Crippen LogP contribution in [0.4, 0.5) is 5.69 Å². The third kappa shape index (κ3) is 5.27. The van der Waals surface area contributed by atoms with Crippen molar-refractivity contribution in [2.75, 3.05) is 0 Å². The van der Waals surface area contributed by atoms with Gasteiger partial charge in [0.05, 0.1) is 10.8 Å². The molecule has 0 aromatic heterocycles. The number of carboxylic acid groups (broad SMARTS) is 1. The molecule has 0 saturated carbocycles. The van der Waals surface area contributed by atoms with Gasteiger partial charge in [-0.15, -0.1) is 0 Å². The van der Waals surface area contributed by atoms with E-state index in [1.807, 2.05) is 30.3 Å². The number of nitro groups is 1. The lowest BCUT2D eigenvalue weighted by molar-refractivity contribution is -0.384. The molecule has 32 heavy (non-hydrogen) atoms. The molecule has 0 unspecified atom stereocenters. The Hall–Kier alpha value is -3.80. The molecule has 0 heterocycles. The van der Waals surface area contributed by atoms with Crippen molar-refractivity contribution in [3.8, 4) is 0 Å². The average molecular weight is 431 g/mol. The minimum Gasteiger partial charge on any atom is -0.481 e. The largest absolute Gasteiger partial charge is 0.481 e. The Morgan fingerprint density at radius 2 is 1.38 bits per heavy atom. The predicted octanol–water partition coefficient (Wildman–Crippen LogP) is 5.94. The van der Waals surface area contributed by atoms with Crippen LogP contribution in [0.2, 0.25) is 0 Å². The van der Waals surface area contributed by atoms with Crippen LogP contribution in [0.3, 0.4) is 0 Å². The molecular weight excluding hydrogens is 406 g/mol. The summed E-state index contributed by atoms with van der Waals surface area (Å²) in [6.45, 7) is 4.14. The van der Waals surface area contributed by atoms with Crippen molar-refractivity contribution < 1.29 is 19.6 Å². The van der Waals surface area contributed by atoms with Gasteiger partial charge in [-0.2, -0.15) is 0 Å². The van der Waals surface area contributed by atoms with Crippen LogP contribution in [0, 0.1) is 10.1 Å². The highest BCUT2D eigenvalue weighted by Gasteiger charge is 2.33. The van der Waals surface area contributed by atoms with Crippen LogP contribution in [-0.2, 0) is 4.79 Å². The van der Waals surface area contributed by atoms with Crippen molar-refractivity contribution in [1.29, 1.82) is 0 Å². The van der Waals surface area contributed by atoms with E-state index in [-0.39, 0.29) is 17.9 Å². The maximum Gasteiger partial charge on any atom is 0.311 e. The van der Waals surface area contributed by atoms with E-state index >= 15 is 0 Å². The van der Waals surface area contributed by atoms with Gasteiger partial charge >= 0.3 is 5.97 Å². The molecule has 3 aromatic carbocycles. The number of carboxylic acids is 1. The number of aliphatic carboxylic acids is 1. The van der Waals surface area contributed by atoms with Crippen LogP contribution in [0.25, 0.3) is 0 Å². The van der Waals surface area contributed by atoms with Crippen molar-refractivity contribution in [2.24, 2.45) is 0 Å². The lowest BCUT2D eigenvalue weighted by Gasteiger charge is -2.25. The van der Waals surface area contributed by atoms with E-state index in [2.05, 4.69) is 13.8 Å². The number of nitro benzene ring substituents is 1. The Balaban J connectivity index is 2.04. The number of nitrogens with zero attached hydrogens (tertiary/aromatic N) is 1. The Labute approximate surface area is 186 Å². The molecule has 0 radical (unpaired) electrons. The number of carbonyl (C=O) groups is 2. The number of benzene rings is 3. The van der Waals surface area contributed by atoms with E-state index < -0.39 is 22.7 Å². The number of non-ortho nitro benzene ring substituents is 1. The number of rotatable bonds is 9. The Bertz CT molecular complexity index is 1090. The van der Waals surface area contributed by atoms with Gasteiger partial charge in [-0.1, -0.05) is 80.6 Å². The monoisotopic (exact) mass is 431 g/mol. The smallest absolute Gasteiger partial charge is 0.311 e. The second kappa shape index (κ2) is 10.0. The fourth-order valence-electron chi connectivity index (χ4n) is 3.85. The van der Waals surface area contributed by atoms with Gasteiger partial charge in [0, 0.05) is 30.0 Å². The highest BCUT2D eigenvalue weighted by atomic mass is 16.6. The molecule has 2 atom stereocenters. The Morgan fingerprint density at radius 1 is 0.844 bits per heavy atom. The third-order valence-electron chi connectivity index (χ3n) is 5.66. The first-order valence-corrected chi connectivity index (χ1v) is 10.4. The molecule has 0 aliphatic carbocycles. The van der Waals surface area contributed by atoms with Crippen molar-refractivity contribution >= 4 is 17.4 Å². The highest BCUT2D eigenvalue weighted by Crippen LogP contribution is 2.38. The molecule has 6 heteroatoms. The lowest BCUT2D eigenvalue weighted by Crippen LogP contribution is -2.23. The number of hydrogen-bond acceptors (Lipinski definition) is 4. The molecule has 0 bridgehead atoms. The molecule has 0 amide bonds. The zero-order valence-corrected chi connectivity index (χ0v) is 18.0. The number of carbonyl (C=O) groups excluding carboxylic acids is 1. The molecule has 0 saturated heterocycles. The summed E-state index contributed by atoms with van der Waals surface area (Å²) in [7, 11) is 0. The van der Waals surface area contributed by atoms with Gasteiger partial charge in [0.15, 0.2) is 5.78 Å². The quantitative estimate of drug-likeness (QED) is 0.257. The van der Waals surface area contributed by atoms with Gasteiger partial charge < -0.3 is 5.11 Å². The van der Waals surface area contributed by atoms with Crippen LogP contribution >= 0.6 is 0 Å². The minimum atomic E-state index is -1.09.